The van der Waals surface area contributed by atoms with Crippen LogP contribution in [0, 0.1) is 13.8 Å². The Balaban J connectivity index is 1.78. The van der Waals surface area contributed by atoms with Gasteiger partial charge in [-0.25, -0.2) is 0 Å². The van der Waals surface area contributed by atoms with Gasteiger partial charge in [-0.1, -0.05) is 47.5 Å². The molecule has 0 fully saturated rings. The third-order valence-corrected chi connectivity index (χ3v) is 4.37. The number of benzene rings is 2. The van der Waals surface area contributed by atoms with Crippen LogP contribution in [0.25, 0.3) is 0 Å². The Kier molecular flexibility index (Phi) is 3.98. The second-order valence-electron chi connectivity index (χ2n) is 6.20. The van der Waals surface area contributed by atoms with Gasteiger partial charge < -0.3 is 10.6 Å². The molecule has 0 aliphatic carbocycles. The predicted octanol–water partition coefficient (Wildman–Crippen LogP) is 3.76. The van der Waals surface area contributed by atoms with Crippen molar-refractivity contribution in [3.05, 3.63) is 64.7 Å². The lowest BCUT2D eigenvalue weighted by molar-refractivity contribution is 0.625. The fourth-order valence-corrected chi connectivity index (χ4v) is 3.15. The second kappa shape index (κ2) is 5.90. The maximum Gasteiger partial charge on any atom is 0.0473 e. The molecule has 2 heteroatoms. The lowest BCUT2D eigenvalue weighted by Gasteiger charge is -2.33. The zero-order valence-corrected chi connectivity index (χ0v) is 13.0. The summed E-state index contributed by atoms with van der Waals surface area (Å²) in [4.78, 5) is 2.45. The molecule has 0 radical (unpaired) electrons. The summed E-state index contributed by atoms with van der Waals surface area (Å²) >= 11 is 0. The average Bonchev–Trinajstić information content (AvgIpc) is 2.47. The lowest BCUT2D eigenvalue weighted by atomic mass is 9.98. The Bertz CT molecular complexity index is 616. The minimum atomic E-state index is 0.0675. The van der Waals surface area contributed by atoms with E-state index in [4.69, 9.17) is 5.73 Å². The molecule has 21 heavy (non-hydrogen) atoms. The van der Waals surface area contributed by atoms with E-state index in [2.05, 4.69) is 61.2 Å². The zero-order valence-electron chi connectivity index (χ0n) is 13.0. The summed E-state index contributed by atoms with van der Waals surface area (Å²) in [7, 11) is 0. The van der Waals surface area contributed by atoms with Crippen molar-refractivity contribution >= 4 is 5.69 Å². The summed E-state index contributed by atoms with van der Waals surface area (Å²) in [5, 5.41) is 0. The van der Waals surface area contributed by atoms with Crippen LogP contribution in [0.4, 0.5) is 5.69 Å². The molecule has 2 aromatic rings. The molecule has 1 aliphatic heterocycles. The highest BCUT2D eigenvalue weighted by atomic mass is 15.1. The second-order valence-corrected chi connectivity index (χ2v) is 6.20. The topological polar surface area (TPSA) is 29.3 Å². The number of rotatable bonds is 3. The smallest absolute Gasteiger partial charge is 0.0473 e. The molecule has 0 saturated carbocycles. The van der Waals surface area contributed by atoms with Crippen molar-refractivity contribution in [3.8, 4) is 0 Å². The van der Waals surface area contributed by atoms with Crippen LogP contribution in [0.1, 0.15) is 34.7 Å². The van der Waals surface area contributed by atoms with E-state index in [9.17, 15) is 0 Å². The average molecular weight is 280 g/mol. The maximum atomic E-state index is 6.42. The molecule has 0 amide bonds. The Hall–Kier alpha value is -1.80. The molecule has 0 aromatic heterocycles. The van der Waals surface area contributed by atoms with E-state index in [1.807, 2.05) is 0 Å². The Morgan fingerprint density at radius 2 is 1.76 bits per heavy atom. The van der Waals surface area contributed by atoms with Gasteiger partial charge in [0.05, 0.1) is 0 Å². The first kappa shape index (κ1) is 14.2. The van der Waals surface area contributed by atoms with E-state index in [0.717, 1.165) is 13.1 Å². The van der Waals surface area contributed by atoms with Crippen LogP contribution >= 0.6 is 0 Å². The van der Waals surface area contributed by atoms with Crippen LogP contribution in [0.2, 0.25) is 0 Å². The van der Waals surface area contributed by atoms with E-state index in [-0.39, 0.29) is 6.04 Å². The molecule has 3 rings (SSSR count). The highest BCUT2D eigenvalue weighted by molar-refractivity contribution is 5.57. The van der Waals surface area contributed by atoms with Gasteiger partial charge in [-0.05, 0) is 43.9 Å². The fraction of sp³-hybridized carbons (Fsp3) is 0.368. The van der Waals surface area contributed by atoms with Gasteiger partial charge in [-0.3, -0.25) is 0 Å². The van der Waals surface area contributed by atoms with Gasteiger partial charge in [0.1, 0.15) is 0 Å². The van der Waals surface area contributed by atoms with Crippen molar-refractivity contribution in [1.82, 2.24) is 0 Å². The highest BCUT2D eigenvalue weighted by Gasteiger charge is 2.19. The lowest BCUT2D eigenvalue weighted by Crippen LogP contribution is -2.36. The highest BCUT2D eigenvalue weighted by Crippen LogP contribution is 2.29. The van der Waals surface area contributed by atoms with E-state index >= 15 is 0 Å². The molecule has 0 saturated heterocycles. The van der Waals surface area contributed by atoms with Crippen LogP contribution in [0.3, 0.4) is 0 Å². The quantitative estimate of drug-likeness (QED) is 0.927. The van der Waals surface area contributed by atoms with E-state index in [1.54, 1.807) is 0 Å². The van der Waals surface area contributed by atoms with Crippen LogP contribution in [-0.2, 0) is 6.42 Å². The fourth-order valence-electron chi connectivity index (χ4n) is 3.15. The van der Waals surface area contributed by atoms with Crippen molar-refractivity contribution in [3.63, 3.8) is 0 Å². The van der Waals surface area contributed by atoms with Crippen molar-refractivity contribution in [2.24, 2.45) is 5.73 Å². The summed E-state index contributed by atoms with van der Waals surface area (Å²) in [6, 6.07) is 15.4. The molecule has 0 bridgehead atoms. The van der Waals surface area contributed by atoms with Crippen molar-refractivity contribution in [2.75, 3.05) is 18.0 Å². The maximum absolute atomic E-state index is 6.42. The normalized spacial score (nSPS) is 15.7. The van der Waals surface area contributed by atoms with Gasteiger partial charge in [0.15, 0.2) is 0 Å². The molecule has 1 atom stereocenters. The number of hydrogen-bond acceptors (Lipinski definition) is 2. The molecule has 2 nitrogen and oxygen atoms in total. The molecule has 2 N–H and O–H groups in total. The first-order chi connectivity index (χ1) is 10.1. The molecule has 110 valence electrons. The van der Waals surface area contributed by atoms with Crippen LogP contribution in [0.5, 0.6) is 0 Å². The number of hydrogen-bond donors (Lipinski definition) is 1. The van der Waals surface area contributed by atoms with Gasteiger partial charge in [-0.15, -0.1) is 0 Å². The largest absolute Gasteiger partial charge is 0.369 e. The third-order valence-electron chi connectivity index (χ3n) is 4.37. The van der Waals surface area contributed by atoms with Crippen LogP contribution in [-0.4, -0.2) is 13.1 Å². The molecule has 0 spiro atoms. The summed E-state index contributed by atoms with van der Waals surface area (Å²) in [5.41, 5.74) is 13.1. The number of fused-ring (bicyclic) bond motifs is 1. The minimum absolute atomic E-state index is 0.0675. The number of nitrogens with zero attached hydrogens (tertiary/aromatic N) is 1. The predicted molar refractivity (Wildman–Crippen MR) is 89.8 cm³/mol. The zero-order chi connectivity index (χ0) is 14.8. The van der Waals surface area contributed by atoms with Gasteiger partial charge >= 0.3 is 0 Å². The minimum Gasteiger partial charge on any atom is -0.369 e. The molecule has 1 aliphatic rings. The van der Waals surface area contributed by atoms with Crippen molar-refractivity contribution in [2.45, 2.75) is 32.7 Å². The Morgan fingerprint density at radius 1 is 1.05 bits per heavy atom. The summed E-state index contributed by atoms with van der Waals surface area (Å²) in [5.74, 6) is 0. The standard InChI is InChI=1S/C19H24N2/c1-14-5-8-16(9-6-14)18(20)13-21-11-3-4-17-12-15(2)7-10-19(17)21/h5-10,12,18H,3-4,11,13,20H2,1-2H3. The van der Waals surface area contributed by atoms with Crippen molar-refractivity contribution in [1.29, 1.82) is 0 Å². The summed E-state index contributed by atoms with van der Waals surface area (Å²) in [6.45, 7) is 6.27. The third kappa shape index (κ3) is 3.11. The van der Waals surface area contributed by atoms with Crippen LogP contribution in [0.15, 0.2) is 42.5 Å². The van der Waals surface area contributed by atoms with Gasteiger partial charge in [-0.2, -0.15) is 0 Å². The van der Waals surface area contributed by atoms with Gasteiger partial charge in [0.25, 0.3) is 0 Å². The van der Waals surface area contributed by atoms with Crippen molar-refractivity contribution < 1.29 is 0 Å². The first-order valence-corrected chi connectivity index (χ1v) is 7.80. The SMILES string of the molecule is Cc1ccc(C(N)CN2CCCc3cc(C)ccc32)cc1. The summed E-state index contributed by atoms with van der Waals surface area (Å²) < 4.78 is 0. The Morgan fingerprint density at radius 3 is 2.52 bits per heavy atom. The number of aryl methyl sites for hydroxylation is 3. The molecular formula is C19H24N2. The number of nitrogens with two attached hydrogens (primary N) is 1. The Labute approximate surface area is 127 Å². The molecule has 1 heterocycles. The van der Waals surface area contributed by atoms with Crippen LogP contribution < -0.4 is 10.6 Å². The monoisotopic (exact) mass is 280 g/mol. The van der Waals surface area contributed by atoms with Gasteiger partial charge in [0.2, 0.25) is 0 Å². The molecular weight excluding hydrogens is 256 g/mol. The van der Waals surface area contributed by atoms with E-state index in [0.29, 0.717) is 0 Å². The molecule has 1 unspecified atom stereocenters. The summed E-state index contributed by atoms with van der Waals surface area (Å²) in [6.07, 6.45) is 2.41. The van der Waals surface area contributed by atoms with E-state index < -0.39 is 0 Å². The molecule has 2 aromatic carbocycles. The van der Waals surface area contributed by atoms with Gasteiger partial charge in [0, 0.05) is 24.8 Å². The van der Waals surface area contributed by atoms with E-state index in [1.165, 1.54) is 40.8 Å². The first-order valence-electron chi connectivity index (χ1n) is 7.80. The number of anilines is 1.